The third-order valence-corrected chi connectivity index (χ3v) is 5.54. The number of guanidine groups is 1. The zero-order valence-electron chi connectivity index (χ0n) is 14.9. The minimum atomic E-state index is -4.40. The van der Waals surface area contributed by atoms with E-state index in [2.05, 4.69) is 15.6 Å². The fourth-order valence-electron chi connectivity index (χ4n) is 2.33. The lowest BCUT2D eigenvalue weighted by molar-refractivity contribution is -0.137. The normalized spacial score (nSPS) is 12.7. The first kappa shape index (κ1) is 21.7. The van der Waals surface area contributed by atoms with Crippen LogP contribution in [0.5, 0.6) is 0 Å². The molecule has 0 bridgehead atoms. The second kappa shape index (κ2) is 9.05. The molecule has 2 aromatic carbocycles. The number of sulfone groups is 1. The van der Waals surface area contributed by atoms with Crippen molar-refractivity contribution in [2.24, 2.45) is 4.99 Å². The molecule has 0 heterocycles. The zero-order chi connectivity index (χ0) is 20.8. The van der Waals surface area contributed by atoms with E-state index in [4.69, 9.17) is 0 Å². The minimum Gasteiger partial charge on any atom is -0.355 e. The van der Waals surface area contributed by atoms with Crippen LogP contribution in [0.25, 0.3) is 0 Å². The van der Waals surface area contributed by atoms with Crippen LogP contribution in [0.4, 0.5) is 17.6 Å². The van der Waals surface area contributed by atoms with Crippen LogP contribution in [0, 0.1) is 5.82 Å². The number of aliphatic imine (C=N–C) groups is 1. The van der Waals surface area contributed by atoms with Crippen LogP contribution in [0.1, 0.15) is 11.1 Å². The van der Waals surface area contributed by atoms with Crippen molar-refractivity contribution in [3.8, 4) is 0 Å². The average Bonchev–Trinajstić information content (AvgIpc) is 2.64. The summed E-state index contributed by atoms with van der Waals surface area (Å²) in [7, 11) is -2.34. The van der Waals surface area contributed by atoms with E-state index >= 15 is 0 Å². The molecule has 2 aromatic rings. The van der Waals surface area contributed by atoms with Crippen molar-refractivity contribution >= 4 is 15.8 Å². The number of benzene rings is 2. The molecule has 0 unspecified atom stereocenters. The molecule has 0 aromatic heterocycles. The first-order chi connectivity index (χ1) is 13.1. The molecule has 0 amide bonds. The van der Waals surface area contributed by atoms with Crippen molar-refractivity contribution in [1.82, 2.24) is 10.6 Å². The van der Waals surface area contributed by atoms with Crippen LogP contribution in [0.3, 0.4) is 0 Å². The van der Waals surface area contributed by atoms with E-state index in [0.717, 1.165) is 18.2 Å². The van der Waals surface area contributed by atoms with E-state index in [0.29, 0.717) is 5.56 Å². The van der Waals surface area contributed by atoms with Crippen molar-refractivity contribution in [3.05, 3.63) is 65.5 Å². The first-order valence-electron chi connectivity index (χ1n) is 8.21. The number of rotatable bonds is 6. The van der Waals surface area contributed by atoms with E-state index in [9.17, 15) is 26.0 Å². The van der Waals surface area contributed by atoms with Crippen LogP contribution < -0.4 is 10.6 Å². The zero-order valence-corrected chi connectivity index (χ0v) is 15.7. The van der Waals surface area contributed by atoms with Crippen molar-refractivity contribution in [2.45, 2.75) is 17.6 Å². The molecule has 0 aliphatic rings. The molecule has 152 valence electrons. The maximum absolute atomic E-state index is 13.6. The molecule has 0 radical (unpaired) electrons. The molecular weight excluding hydrogens is 398 g/mol. The average molecular weight is 417 g/mol. The Balaban J connectivity index is 1.87. The van der Waals surface area contributed by atoms with Crippen LogP contribution in [0.15, 0.2) is 58.4 Å². The summed E-state index contributed by atoms with van der Waals surface area (Å²) in [5.74, 6) is -0.898. The fourth-order valence-corrected chi connectivity index (χ4v) is 3.57. The molecule has 5 nitrogen and oxygen atoms in total. The van der Waals surface area contributed by atoms with Gasteiger partial charge >= 0.3 is 6.18 Å². The van der Waals surface area contributed by atoms with Gasteiger partial charge in [0.25, 0.3) is 0 Å². The van der Waals surface area contributed by atoms with Crippen molar-refractivity contribution in [1.29, 1.82) is 0 Å². The number of hydrogen-bond donors (Lipinski definition) is 2. The Morgan fingerprint density at radius 2 is 1.68 bits per heavy atom. The molecule has 0 fully saturated rings. The molecule has 2 N–H and O–H groups in total. The van der Waals surface area contributed by atoms with Gasteiger partial charge in [-0.3, -0.25) is 4.99 Å². The molecule has 28 heavy (non-hydrogen) atoms. The van der Waals surface area contributed by atoms with Gasteiger partial charge in [-0.1, -0.05) is 24.3 Å². The van der Waals surface area contributed by atoms with Crippen molar-refractivity contribution in [3.63, 3.8) is 0 Å². The Labute approximate surface area is 160 Å². The van der Waals surface area contributed by atoms with E-state index in [1.807, 2.05) is 0 Å². The van der Waals surface area contributed by atoms with E-state index < -0.39 is 27.4 Å². The maximum Gasteiger partial charge on any atom is 0.416 e. The Morgan fingerprint density at radius 3 is 2.25 bits per heavy atom. The maximum atomic E-state index is 13.6. The second-order valence-electron chi connectivity index (χ2n) is 5.80. The molecule has 2 rings (SSSR count). The van der Waals surface area contributed by atoms with Gasteiger partial charge < -0.3 is 10.6 Å². The molecule has 0 spiro atoms. The van der Waals surface area contributed by atoms with Crippen LogP contribution >= 0.6 is 0 Å². The van der Waals surface area contributed by atoms with E-state index in [1.54, 1.807) is 0 Å². The quantitative estimate of drug-likeness (QED) is 0.431. The smallest absolute Gasteiger partial charge is 0.355 e. The summed E-state index contributed by atoms with van der Waals surface area (Å²) in [5, 5.41) is 5.65. The van der Waals surface area contributed by atoms with E-state index in [-0.39, 0.29) is 29.7 Å². The standard InChI is InChI=1S/C18H19F4N3O2S/c1-23-17(25-12-13-6-8-14(9-7-13)18(20,21)22)24-10-11-28(26,27)16-5-3-2-4-15(16)19/h2-9H,10-12H2,1H3,(H2,23,24,25). The summed E-state index contributed by atoms with van der Waals surface area (Å²) in [6.45, 7) is 0.168. The predicted octanol–water partition coefficient (Wildman–Crippen LogP) is 2.98. The highest BCUT2D eigenvalue weighted by Crippen LogP contribution is 2.29. The highest BCUT2D eigenvalue weighted by atomic mass is 32.2. The molecule has 0 aliphatic carbocycles. The lowest BCUT2D eigenvalue weighted by Gasteiger charge is -2.13. The van der Waals surface area contributed by atoms with Gasteiger partial charge in [-0.15, -0.1) is 0 Å². The van der Waals surface area contributed by atoms with E-state index in [1.165, 1.54) is 37.4 Å². The van der Waals surface area contributed by atoms with Gasteiger partial charge in [-0.05, 0) is 29.8 Å². The van der Waals surface area contributed by atoms with Crippen LogP contribution in [-0.4, -0.2) is 33.7 Å². The lowest BCUT2D eigenvalue weighted by atomic mass is 10.1. The number of halogens is 4. The van der Waals surface area contributed by atoms with Gasteiger partial charge in [0.05, 0.1) is 11.3 Å². The second-order valence-corrected chi connectivity index (χ2v) is 7.87. The monoisotopic (exact) mass is 417 g/mol. The van der Waals surface area contributed by atoms with Gasteiger partial charge in [-0.2, -0.15) is 13.2 Å². The molecule has 10 heteroatoms. The molecule has 0 atom stereocenters. The minimum absolute atomic E-state index is 0.0245. The first-order valence-corrected chi connectivity index (χ1v) is 9.86. The summed E-state index contributed by atoms with van der Waals surface area (Å²) in [4.78, 5) is 3.54. The SMILES string of the molecule is CN=C(NCCS(=O)(=O)c1ccccc1F)NCc1ccc(C(F)(F)F)cc1. The van der Waals surface area contributed by atoms with Crippen LogP contribution in [-0.2, 0) is 22.6 Å². The Morgan fingerprint density at radius 1 is 1.04 bits per heavy atom. The summed E-state index contributed by atoms with van der Waals surface area (Å²) in [6.07, 6.45) is -4.40. The number of nitrogens with one attached hydrogen (secondary N) is 2. The summed E-state index contributed by atoms with van der Waals surface area (Å²) in [6, 6.07) is 9.75. The van der Waals surface area contributed by atoms with Crippen LogP contribution in [0.2, 0.25) is 0 Å². The Hall–Kier alpha value is -2.62. The largest absolute Gasteiger partial charge is 0.416 e. The number of nitrogens with zero attached hydrogens (tertiary/aromatic N) is 1. The molecule has 0 aliphatic heterocycles. The van der Waals surface area contributed by atoms with Crippen molar-refractivity contribution < 1.29 is 26.0 Å². The van der Waals surface area contributed by atoms with Gasteiger partial charge in [0, 0.05) is 20.1 Å². The predicted molar refractivity (Wildman–Crippen MR) is 98.1 cm³/mol. The van der Waals surface area contributed by atoms with Gasteiger partial charge in [0.15, 0.2) is 15.8 Å². The summed E-state index contributed by atoms with van der Waals surface area (Å²) in [5.41, 5.74) is -0.146. The summed E-state index contributed by atoms with van der Waals surface area (Å²) < 4.78 is 75.7. The number of hydrogen-bond acceptors (Lipinski definition) is 3. The lowest BCUT2D eigenvalue weighted by Crippen LogP contribution is -2.39. The van der Waals surface area contributed by atoms with Gasteiger partial charge in [-0.25, -0.2) is 12.8 Å². The molecular formula is C18H19F4N3O2S. The fraction of sp³-hybridized carbons (Fsp3) is 0.278. The third kappa shape index (κ3) is 5.95. The Bertz CT molecular complexity index is 927. The van der Waals surface area contributed by atoms with Gasteiger partial charge in [0.2, 0.25) is 0 Å². The topological polar surface area (TPSA) is 70.6 Å². The Kier molecular flexibility index (Phi) is 7.00. The number of alkyl halides is 3. The summed E-state index contributed by atoms with van der Waals surface area (Å²) >= 11 is 0. The third-order valence-electron chi connectivity index (χ3n) is 3.80. The van der Waals surface area contributed by atoms with Crippen molar-refractivity contribution in [2.75, 3.05) is 19.3 Å². The molecule has 0 saturated carbocycles. The highest BCUT2D eigenvalue weighted by molar-refractivity contribution is 7.91. The highest BCUT2D eigenvalue weighted by Gasteiger charge is 2.29. The molecule has 0 saturated heterocycles. The van der Waals surface area contributed by atoms with Gasteiger partial charge in [0.1, 0.15) is 10.7 Å².